The third-order valence-corrected chi connectivity index (χ3v) is 3.37. The van der Waals surface area contributed by atoms with Crippen LogP contribution in [0.3, 0.4) is 0 Å². The van der Waals surface area contributed by atoms with Gasteiger partial charge in [-0.1, -0.05) is 18.2 Å². The lowest BCUT2D eigenvalue weighted by Gasteiger charge is -2.26. The molecule has 1 atom stereocenters. The monoisotopic (exact) mass is 287 g/mol. The molecule has 6 heteroatoms. The Labute approximate surface area is 123 Å². The number of hydrogen-bond acceptors (Lipinski definition) is 4. The first-order valence-corrected chi connectivity index (χ1v) is 6.57. The highest BCUT2D eigenvalue weighted by molar-refractivity contribution is 5.93. The Morgan fingerprint density at radius 1 is 1.33 bits per heavy atom. The highest BCUT2D eigenvalue weighted by Crippen LogP contribution is 2.24. The number of rotatable bonds is 4. The van der Waals surface area contributed by atoms with E-state index in [1.807, 2.05) is 6.92 Å². The van der Waals surface area contributed by atoms with Crippen LogP contribution in [-0.2, 0) is 0 Å². The zero-order valence-corrected chi connectivity index (χ0v) is 12.3. The number of anilines is 1. The topological polar surface area (TPSA) is 78.9 Å². The Bertz CT molecular complexity index is 671. The van der Waals surface area contributed by atoms with E-state index in [0.717, 1.165) is 0 Å². The van der Waals surface area contributed by atoms with Crippen molar-refractivity contribution in [1.82, 2.24) is 9.97 Å². The van der Waals surface area contributed by atoms with Crippen LogP contribution in [0.25, 0.3) is 0 Å². The van der Waals surface area contributed by atoms with E-state index in [1.54, 1.807) is 43.1 Å². The molecular formula is C15H18FN5. The van der Waals surface area contributed by atoms with E-state index in [2.05, 4.69) is 9.97 Å². The first-order chi connectivity index (χ1) is 9.90. The van der Waals surface area contributed by atoms with Crippen molar-refractivity contribution < 1.29 is 4.39 Å². The second kappa shape index (κ2) is 5.87. The van der Waals surface area contributed by atoms with Crippen LogP contribution >= 0.6 is 0 Å². The van der Waals surface area contributed by atoms with Crippen LogP contribution in [0.5, 0.6) is 0 Å². The number of halogens is 1. The van der Waals surface area contributed by atoms with Crippen molar-refractivity contribution in [2.45, 2.75) is 19.9 Å². The molecule has 0 saturated carbocycles. The summed E-state index contributed by atoms with van der Waals surface area (Å²) in [6.07, 6.45) is 0. The minimum atomic E-state index is -0.267. The summed E-state index contributed by atoms with van der Waals surface area (Å²) < 4.78 is 13.9. The van der Waals surface area contributed by atoms with E-state index in [0.29, 0.717) is 22.9 Å². The van der Waals surface area contributed by atoms with Gasteiger partial charge in [0.2, 0.25) is 5.95 Å². The Hall–Kier alpha value is -2.50. The largest absolute Gasteiger partial charge is 0.382 e. The molecule has 0 spiro atoms. The maximum Gasteiger partial charge on any atom is 0.226 e. The van der Waals surface area contributed by atoms with Crippen LogP contribution in [-0.4, -0.2) is 22.9 Å². The Morgan fingerprint density at radius 2 is 2.00 bits per heavy atom. The predicted octanol–water partition coefficient (Wildman–Crippen LogP) is 2.41. The molecule has 0 aliphatic carbocycles. The highest BCUT2D eigenvalue weighted by atomic mass is 19.1. The first kappa shape index (κ1) is 14.9. The Morgan fingerprint density at radius 3 is 2.62 bits per heavy atom. The summed E-state index contributed by atoms with van der Waals surface area (Å²) in [6.45, 7) is 3.68. The van der Waals surface area contributed by atoms with E-state index in [9.17, 15) is 4.39 Å². The first-order valence-electron chi connectivity index (χ1n) is 6.57. The van der Waals surface area contributed by atoms with Crippen LogP contribution in [0.1, 0.15) is 29.9 Å². The molecule has 5 nitrogen and oxygen atoms in total. The molecule has 2 rings (SSSR count). The molecular weight excluding hydrogens is 269 g/mol. The molecule has 0 aliphatic heterocycles. The number of nitrogens with zero attached hydrogens (tertiary/aromatic N) is 3. The highest BCUT2D eigenvalue weighted by Gasteiger charge is 2.18. The zero-order chi connectivity index (χ0) is 15.6. The molecule has 3 N–H and O–H groups in total. The summed E-state index contributed by atoms with van der Waals surface area (Å²) in [6, 6.07) is 8.01. The van der Waals surface area contributed by atoms with Gasteiger partial charge in [0.1, 0.15) is 17.3 Å². The number of benzene rings is 1. The molecule has 0 fully saturated rings. The average Bonchev–Trinajstić information content (AvgIpc) is 2.45. The lowest BCUT2D eigenvalue weighted by molar-refractivity contribution is 0.582. The Kier molecular flexibility index (Phi) is 4.16. The van der Waals surface area contributed by atoms with Crippen molar-refractivity contribution in [3.05, 3.63) is 53.1 Å². The lowest BCUT2D eigenvalue weighted by atomic mass is 10.1. The summed E-state index contributed by atoms with van der Waals surface area (Å²) in [5.41, 5.74) is 7.11. The van der Waals surface area contributed by atoms with E-state index >= 15 is 0 Å². The van der Waals surface area contributed by atoms with Gasteiger partial charge in [0.15, 0.2) is 0 Å². The van der Waals surface area contributed by atoms with Crippen LogP contribution in [0.4, 0.5) is 10.3 Å². The van der Waals surface area contributed by atoms with E-state index in [-0.39, 0.29) is 17.7 Å². The SMILES string of the molecule is Cc1cc(C(=N)N)nc(N(C)C(C)c2ccccc2F)n1. The molecule has 110 valence electrons. The number of hydrogen-bond donors (Lipinski definition) is 2. The van der Waals surface area contributed by atoms with Gasteiger partial charge in [-0.15, -0.1) is 0 Å². The van der Waals surface area contributed by atoms with Gasteiger partial charge in [0.25, 0.3) is 0 Å². The minimum absolute atomic E-state index is 0.117. The molecule has 2 aromatic rings. The van der Waals surface area contributed by atoms with Gasteiger partial charge in [-0.2, -0.15) is 0 Å². The third kappa shape index (κ3) is 3.16. The van der Waals surface area contributed by atoms with Gasteiger partial charge >= 0.3 is 0 Å². The average molecular weight is 287 g/mol. The summed E-state index contributed by atoms with van der Waals surface area (Å²) in [5, 5.41) is 7.48. The fourth-order valence-corrected chi connectivity index (χ4v) is 2.04. The smallest absolute Gasteiger partial charge is 0.226 e. The number of amidine groups is 1. The summed E-state index contributed by atoms with van der Waals surface area (Å²) in [7, 11) is 1.79. The molecule has 1 aromatic heterocycles. The standard InChI is InChI=1S/C15H18FN5/c1-9-8-13(14(17)18)20-15(19-9)21(3)10(2)11-6-4-5-7-12(11)16/h4-8,10H,1-3H3,(H3,17,18). The second-order valence-corrected chi connectivity index (χ2v) is 4.92. The van der Waals surface area contributed by atoms with Gasteiger partial charge in [-0.05, 0) is 26.0 Å². The Balaban J connectivity index is 2.38. The van der Waals surface area contributed by atoms with Crippen molar-refractivity contribution in [3.8, 4) is 0 Å². The summed E-state index contributed by atoms with van der Waals surface area (Å²) in [5.74, 6) is 0.0287. The lowest BCUT2D eigenvalue weighted by Crippen LogP contribution is -2.26. The van der Waals surface area contributed by atoms with Crippen molar-refractivity contribution in [3.63, 3.8) is 0 Å². The van der Waals surface area contributed by atoms with Crippen LogP contribution in [0.2, 0.25) is 0 Å². The van der Waals surface area contributed by atoms with Gasteiger partial charge in [-0.3, -0.25) is 5.41 Å². The van der Waals surface area contributed by atoms with Crippen LogP contribution in [0.15, 0.2) is 30.3 Å². The number of nitrogen functional groups attached to an aromatic ring is 1. The molecule has 1 heterocycles. The quantitative estimate of drug-likeness (QED) is 0.668. The normalized spacial score (nSPS) is 12.0. The van der Waals surface area contributed by atoms with E-state index in [1.165, 1.54) is 6.07 Å². The minimum Gasteiger partial charge on any atom is -0.382 e. The van der Waals surface area contributed by atoms with Gasteiger partial charge in [0, 0.05) is 18.3 Å². The maximum absolute atomic E-state index is 13.9. The number of nitrogens with two attached hydrogens (primary N) is 1. The summed E-state index contributed by atoms with van der Waals surface area (Å²) in [4.78, 5) is 10.3. The number of nitrogens with one attached hydrogen (secondary N) is 1. The van der Waals surface area contributed by atoms with Crippen LogP contribution in [0, 0.1) is 18.2 Å². The second-order valence-electron chi connectivity index (χ2n) is 4.92. The van der Waals surface area contributed by atoms with Crippen LogP contribution < -0.4 is 10.6 Å². The zero-order valence-electron chi connectivity index (χ0n) is 12.3. The van der Waals surface area contributed by atoms with Crippen molar-refractivity contribution in [1.29, 1.82) is 5.41 Å². The molecule has 21 heavy (non-hydrogen) atoms. The predicted molar refractivity (Wildman–Crippen MR) is 81.0 cm³/mol. The molecule has 0 bridgehead atoms. The van der Waals surface area contributed by atoms with Crippen molar-refractivity contribution in [2.24, 2.45) is 5.73 Å². The third-order valence-electron chi connectivity index (χ3n) is 3.37. The molecule has 0 radical (unpaired) electrons. The van der Waals surface area contributed by atoms with Gasteiger partial charge < -0.3 is 10.6 Å². The van der Waals surface area contributed by atoms with Gasteiger partial charge in [0.05, 0.1) is 6.04 Å². The maximum atomic E-state index is 13.9. The fourth-order valence-electron chi connectivity index (χ4n) is 2.04. The molecule has 0 saturated heterocycles. The molecule has 1 aromatic carbocycles. The van der Waals surface area contributed by atoms with Gasteiger partial charge in [-0.25, -0.2) is 14.4 Å². The fraction of sp³-hybridized carbons (Fsp3) is 0.267. The molecule has 1 unspecified atom stereocenters. The molecule has 0 amide bonds. The number of aryl methyl sites for hydroxylation is 1. The van der Waals surface area contributed by atoms with E-state index < -0.39 is 0 Å². The van der Waals surface area contributed by atoms with Crippen molar-refractivity contribution in [2.75, 3.05) is 11.9 Å². The van der Waals surface area contributed by atoms with Crippen molar-refractivity contribution >= 4 is 11.8 Å². The summed E-state index contributed by atoms with van der Waals surface area (Å²) >= 11 is 0. The molecule has 0 aliphatic rings. The van der Waals surface area contributed by atoms with E-state index in [4.69, 9.17) is 11.1 Å². The number of aromatic nitrogens is 2.